The van der Waals surface area contributed by atoms with Gasteiger partial charge in [0.05, 0.1) is 25.3 Å². The Labute approximate surface area is 157 Å². The number of amides is 1. The molecule has 1 fully saturated rings. The first kappa shape index (κ1) is 18.7. The van der Waals surface area contributed by atoms with Gasteiger partial charge in [-0.3, -0.25) is 9.59 Å². The molecule has 1 saturated heterocycles. The Hall–Kier alpha value is -3.12. The number of benzene rings is 2. The fourth-order valence-electron chi connectivity index (χ4n) is 3.22. The molecule has 2 N–H and O–H groups in total. The molecule has 0 unspecified atom stereocenters. The maximum Gasteiger partial charge on any atom is 0.295 e. The van der Waals surface area contributed by atoms with Gasteiger partial charge in [-0.05, 0) is 24.6 Å². The van der Waals surface area contributed by atoms with E-state index in [0.717, 1.165) is 5.56 Å². The zero-order valence-electron chi connectivity index (χ0n) is 15.2. The lowest BCUT2D eigenvalue weighted by Crippen LogP contribution is -2.32. The summed E-state index contributed by atoms with van der Waals surface area (Å²) in [5, 5.41) is 20.2. The van der Waals surface area contributed by atoms with Crippen LogP contribution in [0.5, 0.6) is 5.75 Å². The zero-order valence-corrected chi connectivity index (χ0v) is 15.2. The maximum atomic E-state index is 12.7. The molecule has 3 rings (SSSR count). The van der Waals surface area contributed by atoms with Crippen molar-refractivity contribution in [1.29, 1.82) is 0 Å². The highest BCUT2D eigenvalue weighted by atomic mass is 16.5. The predicted octanol–water partition coefficient (Wildman–Crippen LogP) is 2.42. The second-order valence-electron chi connectivity index (χ2n) is 6.36. The number of carbonyl (C=O) groups is 2. The summed E-state index contributed by atoms with van der Waals surface area (Å²) in [5.41, 5.74) is 2.14. The minimum atomic E-state index is -0.774. The molecule has 2 aromatic rings. The molecule has 0 radical (unpaired) electrons. The lowest BCUT2D eigenvalue weighted by Gasteiger charge is -2.24. The van der Waals surface area contributed by atoms with E-state index >= 15 is 0 Å². The molecule has 6 nitrogen and oxygen atoms in total. The van der Waals surface area contributed by atoms with Crippen LogP contribution in [-0.4, -0.2) is 47.1 Å². The number of nitrogens with zero attached hydrogens (tertiary/aromatic N) is 1. The first-order valence-corrected chi connectivity index (χ1v) is 8.58. The minimum Gasteiger partial charge on any atom is -0.507 e. The van der Waals surface area contributed by atoms with Crippen LogP contribution in [0.2, 0.25) is 0 Å². The third kappa shape index (κ3) is 3.44. The average Bonchev–Trinajstić information content (AvgIpc) is 2.93. The molecule has 0 bridgehead atoms. The Balaban J connectivity index is 2.15. The first-order valence-electron chi connectivity index (χ1n) is 8.58. The molecule has 140 valence electrons. The van der Waals surface area contributed by atoms with Gasteiger partial charge >= 0.3 is 0 Å². The van der Waals surface area contributed by atoms with E-state index in [2.05, 4.69) is 0 Å². The van der Waals surface area contributed by atoms with Crippen molar-refractivity contribution < 1.29 is 24.5 Å². The van der Waals surface area contributed by atoms with Gasteiger partial charge in [0, 0.05) is 12.1 Å². The van der Waals surface area contributed by atoms with Gasteiger partial charge in [-0.1, -0.05) is 42.0 Å². The monoisotopic (exact) mass is 367 g/mol. The van der Waals surface area contributed by atoms with Gasteiger partial charge < -0.3 is 19.8 Å². The molecule has 2 aromatic carbocycles. The molecule has 1 aliphatic heterocycles. The lowest BCUT2D eigenvalue weighted by molar-refractivity contribution is -0.140. The van der Waals surface area contributed by atoms with Crippen LogP contribution < -0.4 is 4.74 Å². The van der Waals surface area contributed by atoms with Crippen molar-refractivity contribution in [2.75, 3.05) is 20.3 Å². The summed E-state index contributed by atoms with van der Waals surface area (Å²) in [4.78, 5) is 26.4. The Morgan fingerprint density at radius 1 is 1.07 bits per heavy atom. The van der Waals surface area contributed by atoms with Crippen molar-refractivity contribution in [3.05, 3.63) is 70.8 Å². The normalized spacial score (nSPS) is 18.8. The maximum absolute atomic E-state index is 12.7. The number of hydrogen-bond acceptors (Lipinski definition) is 5. The predicted molar refractivity (Wildman–Crippen MR) is 100 cm³/mol. The van der Waals surface area contributed by atoms with Crippen molar-refractivity contribution in [3.63, 3.8) is 0 Å². The smallest absolute Gasteiger partial charge is 0.295 e. The Kier molecular flexibility index (Phi) is 5.28. The van der Waals surface area contributed by atoms with E-state index in [9.17, 15) is 19.8 Å². The molecule has 27 heavy (non-hydrogen) atoms. The third-order valence-electron chi connectivity index (χ3n) is 4.64. The highest BCUT2D eigenvalue weighted by Gasteiger charge is 2.45. The Morgan fingerprint density at radius 2 is 1.70 bits per heavy atom. The van der Waals surface area contributed by atoms with Gasteiger partial charge in [0.25, 0.3) is 11.7 Å². The third-order valence-corrected chi connectivity index (χ3v) is 4.64. The quantitative estimate of drug-likeness (QED) is 0.481. The second-order valence-corrected chi connectivity index (χ2v) is 6.36. The Morgan fingerprint density at radius 3 is 2.26 bits per heavy atom. The van der Waals surface area contributed by atoms with Crippen LogP contribution in [0.1, 0.15) is 22.7 Å². The van der Waals surface area contributed by atoms with E-state index in [1.807, 2.05) is 19.1 Å². The van der Waals surface area contributed by atoms with Crippen LogP contribution in [0.3, 0.4) is 0 Å². The summed E-state index contributed by atoms with van der Waals surface area (Å²) in [6.07, 6.45) is 0. The van der Waals surface area contributed by atoms with Gasteiger partial charge in [-0.25, -0.2) is 0 Å². The zero-order chi connectivity index (χ0) is 19.6. The van der Waals surface area contributed by atoms with E-state index < -0.39 is 17.7 Å². The molecule has 1 heterocycles. The number of ketones is 1. The van der Waals surface area contributed by atoms with Crippen LogP contribution in [0.4, 0.5) is 0 Å². The van der Waals surface area contributed by atoms with E-state index in [4.69, 9.17) is 4.74 Å². The van der Waals surface area contributed by atoms with Crippen molar-refractivity contribution in [2.45, 2.75) is 13.0 Å². The van der Waals surface area contributed by atoms with Crippen molar-refractivity contribution in [1.82, 2.24) is 4.90 Å². The number of aryl methyl sites for hydroxylation is 1. The van der Waals surface area contributed by atoms with Gasteiger partial charge in [0.15, 0.2) is 0 Å². The van der Waals surface area contributed by atoms with Crippen molar-refractivity contribution in [2.24, 2.45) is 0 Å². The largest absolute Gasteiger partial charge is 0.507 e. The summed E-state index contributed by atoms with van der Waals surface area (Å²) in [5.74, 6) is -1.09. The number of carbonyl (C=O) groups excluding carboxylic acids is 2. The fourth-order valence-corrected chi connectivity index (χ4v) is 3.22. The number of ether oxygens (including phenoxy) is 1. The molecule has 6 heteroatoms. The van der Waals surface area contributed by atoms with Gasteiger partial charge in [-0.15, -0.1) is 0 Å². The van der Waals surface area contributed by atoms with E-state index in [1.54, 1.807) is 43.5 Å². The molecule has 0 aliphatic carbocycles. The summed E-state index contributed by atoms with van der Waals surface area (Å²) in [6.45, 7) is 1.62. The number of likely N-dealkylation sites (tertiary alicyclic amines) is 1. The summed E-state index contributed by atoms with van der Waals surface area (Å²) < 4.78 is 5.15. The molecule has 0 saturated carbocycles. The average molecular weight is 367 g/mol. The molecule has 1 atom stereocenters. The molecule has 1 aliphatic rings. The number of rotatable bonds is 5. The van der Waals surface area contributed by atoms with Crippen LogP contribution in [0.15, 0.2) is 54.1 Å². The van der Waals surface area contributed by atoms with E-state index in [1.165, 1.54) is 4.90 Å². The molecule has 1 amide bonds. The topological polar surface area (TPSA) is 87.1 Å². The number of β-amino-alcohol motifs (C(OH)–C–C–N with tert-alkyl or cyclic N) is 1. The molecular weight excluding hydrogens is 346 g/mol. The van der Waals surface area contributed by atoms with Crippen molar-refractivity contribution in [3.8, 4) is 5.75 Å². The SMILES string of the molecule is COc1ccc([C@H]2C(=C(O)c3ccc(C)cc3)C(=O)C(=O)N2CCO)cc1. The van der Waals surface area contributed by atoms with E-state index in [0.29, 0.717) is 16.9 Å². The first-order chi connectivity index (χ1) is 13.0. The minimum absolute atomic E-state index is 0.00799. The molecule has 0 aromatic heterocycles. The van der Waals surface area contributed by atoms with Crippen LogP contribution in [-0.2, 0) is 9.59 Å². The standard InChI is InChI=1S/C21H21NO5/c1-13-3-5-15(6-4-13)19(24)17-18(14-7-9-16(27-2)10-8-14)22(11-12-23)21(26)20(17)25/h3-10,18,23-24H,11-12H2,1-2H3/t18-/m0/s1. The van der Waals surface area contributed by atoms with E-state index in [-0.39, 0.29) is 24.5 Å². The lowest BCUT2D eigenvalue weighted by atomic mass is 9.95. The highest BCUT2D eigenvalue weighted by molar-refractivity contribution is 6.46. The summed E-state index contributed by atoms with van der Waals surface area (Å²) in [6, 6.07) is 13.2. The van der Waals surface area contributed by atoms with Gasteiger partial charge in [0.1, 0.15) is 11.5 Å². The van der Waals surface area contributed by atoms with Crippen LogP contribution >= 0.6 is 0 Å². The van der Waals surface area contributed by atoms with Crippen molar-refractivity contribution >= 4 is 17.4 Å². The summed E-state index contributed by atoms with van der Waals surface area (Å²) in [7, 11) is 1.55. The van der Waals surface area contributed by atoms with Crippen LogP contribution in [0, 0.1) is 6.92 Å². The Bertz CT molecular complexity index is 884. The number of aliphatic hydroxyl groups excluding tert-OH is 2. The van der Waals surface area contributed by atoms with Gasteiger partial charge in [0.2, 0.25) is 0 Å². The summed E-state index contributed by atoms with van der Waals surface area (Å²) >= 11 is 0. The van der Waals surface area contributed by atoms with Gasteiger partial charge in [-0.2, -0.15) is 0 Å². The number of methoxy groups -OCH3 is 1. The number of Topliss-reactive ketones (excluding diaryl/α,β-unsaturated/α-hetero) is 1. The fraction of sp³-hybridized carbons (Fsp3) is 0.238. The number of aliphatic hydroxyl groups is 2. The second kappa shape index (κ2) is 7.63. The molecule has 0 spiro atoms. The van der Waals surface area contributed by atoms with Crippen LogP contribution in [0.25, 0.3) is 5.76 Å². The number of hydrogen-bond donors (Lipinski definition) is 2. The highest BCUT2D eigenvalue weighted by Crippen LogP contribution is 2.39. The molecular formula is C21H21NO5.